The lowest BCUT2D eigenvalue weighted by Crippen LogP contribution is -2.33. The molecule has 0 atom stereocenters. The molecule has 0 bridgehead atoms. The molecule has 2 N–H and O–H groups in total. The Kier molecular flexibility index (Phi) is 6.84. The highest BCUT2D eigenvalue weighted by molar-refractivity contribution is 6.04. The van der Waals surface area contributed by atoms with Crippen molar-refractivity contribution in [2.24, 2.45) is 0 Å². The third-order valence-corrected chi connectivity index (χ3v) is 4.80. The number of carbonyl (C=O) groups is 3. The number of methoxy groups -OCH3 is 1. The summed E-state index contributed by atoms with van der Waals surface area (Å²) in [7, 11) is 1.53. The molecule has 0 radical (unpaired) electrons. The number of carbonyl (C=O) groups excluding carboxylic acids is 3. The van der Waals surface area contributed by atoms with Crippen molar-refractivity contribution in [3.63, 3.8) is 0 Å². The van der Waals surface area contributed by atoms with Crippen molar-refractivity contribution in [3.05, 3.63) is 59.7 Å². The smallest absolute Gasteiger partial charge is 0.338 e. The third kappa shape index (κ3) is 5.57. The Hall–Kier alpha value is -3.35. The van der Waals surface area contributed by atoms with Crippen molar-refractivity contribution in [1.82, 2.24) is 5.32 Å². The average Bonchev–Trinajstić information content (AvgIpc) is 3.25. The highest BCUT2D eigenvalue weighted by atomic mass is 16.5. The highest BCUT2D eigenvalue weighted by Crippen LogP contribution is 2.20. The Balaban J connectivity index is 1.56. The number of anilines is 1. The summed E-state index contributed by atoms with van der Waals surface area (Å²) in [6, 6.07) is 13.3. The van der Waals surface area contributed by atoms with Gasteiger partial charge in [-0.15, -0.1) is 0 Å². The fraction of sp³-hybridized carbons (Fsp3) is 0.318. The zero-order chi connectivity index (χ0) is 20.6. The van der Waals surface area contributed by atoms with E-state index in [2.05, 4.69) is 10.6 Å². The molecular weight excluding hydrogens is 372 g/mol. The molecule has 0 saturated heterocycles. The van der Waals surface area contributed by atoms with E-state index in [0.717, 1.165) is 25.7 Å². The third-order valence-electron chi connectivity index (χ3n) is 4.80. The van der Waals surface area contributed by atoms with Gasteiger partial charge in [0.2, 0.25) is 0 Å². The molecule has 2 aromatic carbocycles. The molecule has 0 aromatic heterocycles. The molecule has 1 fully saturated rings. The van der Waals surface area contributed by atoms with Gasteiger partial charge in [-0.2, -0.15) is 0 Å². The Labute approximate surface area is 169 Å². The number of hydrogen-bond donors (Lipinski definition) is 2. The summed E-state index contributed by atoms with van der Waals surface area (Å²) in [5.41, 5.74) is 1.08. The molecule has 2 aromatic rings. The van der Waals surface area contributed by atoms with Crippen molar-refractivity contribution in [2.45, 2.75) is 31.7 Å². The summed E-state index contributed by atoms with van der Waals surface area (Å²) in [5.74, 6) is -0.738. The van der Waals surface area contributed by atoms with Gasteiger partial charge in [-0.3, -0.25) is 9.59 Å². The van der Waals surface area contributed by atoms with E-state index in [1.807, 2.05) is 0 Å². The van der Waals surface area contributed by atoms with Crippen LogP contribution in [0.15, 0.2) is 48.5 Å². The average molecular weight is 396 g/mol. The van der Waals surface area contributed by atoms with Gasteiger partial charge in [0.05, 0.1) is 23.9 Å². The number of esters is 1. The van der Waals surface area contributed by atoms with E-state index in [9.17, 15) is 14.4 Å². The second kappa shape index (κ2) is 9.73. The zero-order valence-electron chi connectivity index (χ0n) is 16.3. The second-order valence-electron chi connectivity index (χ2n) is 6.85. The van der Waals surface area contributed by atoms with Crippen molar-refractivity contribution in [3.8, 4) is 5.75 Å². The normalized spacial score (nSPS) is 13.6. The Morgan fingerprint density at radius 3 is 2.38 bits per heavy atom. The topological polar surface area (TPSA) is 93.7 Å². The van der Waals surface area contributed by atoms with Crippen LogP contribution in [0.5, 0.6) is 5.75 Å². The SMILES string of the molecule is COc1ccc(C(=O)OCC(=O)Nc2ccccc2C(=O)NC2CCCC2)cc1. The molecule has 0 unspecified atom stereocenters. The summed E-state index contributed by atoms with van der Waals surface area (Å²) < 4.78 is 10.1. The van der Waals surface area contributed by atoms with Crippen LogP contribution in [-0.4, -0.2) is 37.5 Å². The van der Waals surface area contributed by atoms with Gasteiger partial charge in [0, 0.05) is 6.04 Å². The largest absolute Gasteiger partial charge is 0.497 e. The summed E-state index contributed by atoms with van der Waals surface area (Å²) >= 11 is 0. The predicted octanol–water partition coefficient (Wildman–Crippen LogP) is 3.16. The lowest BCUT2D eigenvalue weighted by molar-refractivity contribution is -0.119. The van der Waals surface area contributed by atoms with Crippen LogP contribution in [-0.2, 0) is 9.53 Å². The number of benzene rings is 2. The van der Waals surface area contributed by atoms with E-state index in [1.165, 1.54) is 7.11 Å². The van der Waals surface area contributed by atoms with E-state index in [4.69, 9.17) is 9.47 Å². The minimum absolute atomic E-state index is 0.178. The molecule has 1 aliphatic carbocycles. The zero-order valence-corrected chi connectivity index (χ0v) is 16.3. The van der Waals surface area contributed by atoms with Crippen LogP contribution in [0.4, 0.5) is 5.69 Å². The summed E-state index contributed by atoms with van der Waals surface area (Å²) in [4.78, 5) is 36.8. The molecule has 7 heteroatoms. The molecule has 2 amide bonds. The fourth-order valence-corrected chi connectivity index (χ4v) is 3.25. The fourth-order valence-electron chi connectivity index (χ4n) is 3.25. The van der Waals surface area contributed by atoms with Gasteiger partial charge in [-0.05, 0) is 49.2 Å². The van der Waals surface area contributed by atoms with Crippen molar-refractivity contribution in [2.75, 3.05) is 19.0 Å². The Morgan fingerprint density at radius 2 is 1.69 bits per heavy atom. The number of nitrogens with one attached hydrogen (secondary N) is 2. The number of ether oxygens (including phenoxy) is 2. The standard InChI is InChI=1S/C22H24N2O5/c1-28-17-12-10-15(11-13-17)22(27)29-14-20(25)24-19-9-5-4-8-18(19)21(26)23-16-6-2-3-7-16/h4-5,8-13,16H,2-3,6-7,14H2,1H3,(H,23,26)(H,24,25). The highest BCUT2D eigenvalue weighted by Gasteiger charge is 2.20. The Bertz CT molecular complexity index is 873. The van der Waals surface area contributed by atoms with Crippen LogP contribution in [0.1, 0.15) is 46.4 Å². The van der Waals surface area contributed by atoms with Gasteiger partial charge in [-0.1, -0.05) is 25.0 Å². The number of hydrogen-bond acceptors (Lipinski definition) is 5. The van der Waals surface area contributed by atoms with Gasteiger partial charge in [0.15, 0.2) is 6.61 Å². The monoisotopic (exact) mass is 396 g/mol. The molecule has 0 spiro atoms. The van der Waals surface area contributed by atoms with Gasteiger partial charge in [-0.25, -0.2) is 4.79 Å². The lowest BCUT2D eigenvalue weighted by atomic mass is 10.1. The lowest BCUT2D eigenvalue weighted by Gasteiger charge is -2.15. The van der Waals surface area contributed by atoms with Gasteiger partial charge in [0.1, 0.15) is 5.75 Å². The van der Waals surface area contributed by atoms with Crippen LogP contribution in [0, 0.1) is 0 Å². The maximum atomic E-state index is 12.5. The van der Waals surface area contributed by atoms with E-state index < -0.39 is 18.5 Å². The van der Waals surface area contributed by atoms with Crippen LogP contribution in [0.25, 0.3) is 0 Å². The molecule has 29 heavy (non-hydrogen) atoms. The van der Waals surface area contributed by atoms with Crippen molar-refractivity contribution >= 4 is 23.5 Å². The molecule has 7 nitrogen and oxygen atoms in total. The minimum Gasteiger partial charge on any atom is -0.497 e. The van der Waals surface area contributed by atoms with Crippen molar-refractivity contribution in [1.29, 1.82) is 0 Å². The summed E-state index contributed by atoms with van der Waals surface area (Å²) in [5, 5.41) is 5.65. The summed E-state index contributed by atoms with van der Waals surface area (Å²) in [6.45, 7) is -0.455. The minimum atomic E-state index is -0.616. The summed E-state index contributed by atoms with van der Waals surface area (Å²) in [6.07, 6.45) is 4.18. The first-order valence-electron chi connectivity index (χ1n) is 9.57. The maximum Gasteiger partial charge on any atom is 0.338 e. The first-order valence-corrected chi connectivity index (χ1v) is 9.57. The van der Waals surface area contributed by atoms with Crippen LogP contribution in [0.2, 0.25) is 0 Å². The molecule has 1 saturated carbocycles. The Morgan fingerprint density at radius 1 is 1.00 bits per heavy atom. The van der Waals surface area contributed by atoms with Crippen LogP contribution < -0.4 is 15.4 Å². The molecule has 1 aliphatic rings. The number of rotatable bonds is 7. The van der Waals surface area contributed by atoms with Crippen molar-refractivity contribution < 1.29 is 23.9 Å². The van der Waals surface area contributed by atoms with Crippen LogP contribution in [0.3, 0.4) is 0 Å². The number of para-hydroxylation sites is 1. The molecule has 152 valence electrons. The maximum absolute atomic E-state index is 12.5. The van der Waals surface area contributed by atoms with E-state index in [-0.39, 0.29) is 11.9 Å². The van der Waals surface area contributed by atoms with Gasteiger partial charge in [0.25, 0.3) is 11.8 Å². The van der Waals surface area contributed by atoms with Gasteiger partial charge < -0.3 is 20.1 Å². The second-order valence-corrected chi connectivity index (χ2v) is 6.85. The number of amides is 2. The quantitative estimate of drug-likeness (QED) is 0.701. The molecule has 0 aliphatic heterocycles. The van der Waals surface area contributed by atoms with E-state index in [0.29, 0.717) is 22.6 Å². The predicted molar refractivity (Wildman–Crippen MR) is 108 cm³/mol. The van der Waals surface area contributed by atoms with E-state index in [1.54, 1.807) is 48.5 Å². The molecule has 3 rings (SSSR count). The van der Waals surface area contributed by atoms with Gasteiger partial charge >= 0.3 is 5.97 Å². The first kappa shape index (κ1) is 20.4. The first-order chi connectivity index (χ1) is 14.1. The molecule has 0 heterocycles. The molecular formula is C22H24N2O5. The van der Waals surface area contributed by atoms with Crippen LogP contribution >= 0.6 is 0 Å². The van der Waals surface area contributed by atoms with E-state index >= 15 is 0 Å².